The number of halogens is 2. The van der Waals surface area contributed by atoms with E-state index < -0.39 is 5.41 Å². The Hall–Kier alpha value is -2.30. The van der Waals surface area contributed by atoms with Gasteiger partial charge in [-0.2, -0.15) is 0 Å². The van der Waals surface area contributed by atoms with Gasteiger partial charge in [-0.1, -0.05) is 47.5 Å². The second-order valence-electron chi connectivity index (χ2n) is 7.65. The van der Waals surface area contributed by atoms with Crippen LogP contribution in [0.3, 0.4) is 0 Å². The first-order valence-electron chi connectivity index (χ1n) is 9.67. The number of carbonyl (C=O) groups is 2. The van der Waals surface area contributed by atoms with Crippen molar-refractivity contribution in [3.63, 3.8) is 0 Å². The minimum Gasteiger partial charge on any atom is -0.325 e. The highest BCUT2D eigenvalue weighted by atomic mass is 35.5. The number of likely N-dealkylation sites (tertiary alicyclic amines) is 1. The van der Waals surface area contributed by atoms with E-state index in [-0.39, 0.29) is 24.2 Å². The van der Waals surface area contributed by atoms with Gasteiger partial charge in [0.2, 0.25) is 11.8 Å². The van der Waals surface area contributed by atoms with E-state index in [0.717, 1.165) is 22.5 Å². The van der Waals surface area contributed by atoms with Gasteiger partial charge < -0.3 is 10.2 Å². The number of fused-ring (bicyclic) bond motifs is 2. The molecule has 2 aliphatic rings. The molecule has 29 heavy (non-hydrogen) atoms. The van der Waals surface area contributed by atoms with E-state index in [0.29, 0.717) is 23.0 Å². The number of hydrogen-bond donors (Lipinski definition) is 1. The SMILES string of the molecule is CC=C(C)N1CCC2(C(=O)Nc3cc(Cl)ccc32)[C@H](c2cccc(Cl)c2)CC1=O. The highest BCUT2D eigenvalue weighted by molar-refractivity contribution is 6.31. The molecule has 1 fully saturated rings. The molecule has 6 heteroatoms. The third-order valence-corrected chi connectivity index (χ3v) is 6.68. The Balaban J connectivity index is 1.92. The molecule has 2 aromatic rings. The van der Waals surface area contributed by atoms with Crippen LogP contribution in [0.2, 0.25) is 10.0 Å². The van der Waals surface area contributed by atoms with Crippen molar-refractivity contribution in [2.45, 2.75) is 38.0 Å². The number of hydrogen-bond acceptors (Lipinski definition) is 2. The van der Waals surface area contributed by atoms with E-state index in [4.69, 9.17) is 23.2 Å². The fourth-order valence-corrected chi connectivity index (χ4v) is 5.03. The monoisotopic (exact) mass is 428 g/mol. The van der Waals surface area contributed by atoms with Crippen LogP contribution in [0, 0.1) is 0 Å². The van der Waals surface area contributed by atoms with Crippen molar-refractivity contribution in [1.82, 2.24) is 4.90 Å². The van der Waals surface area contributed by atoms with Gasteiger partial charge >= 0.3 is 0 Å². The van der Waals surface area contributed by atoms with E-state index in [1.807, 2.05) is 44.2 Å². The Morgan fingerprint density at radius 1 is 1.17 bits per heavy atom. The molecule has 1 saturated heterocycles. The number of carbonyl (C=O) groups excluding carboxylic acids is 2. The summed E-state index contributed by atoms with van der Waals surface area (Å²) in [4.78, 5) is 28.4. The third kappa shape index (κ3) is 3.24. The summed E-state index contributed by atoms with van der Waals surface area (Å²) in [5, 5.41) is 4.17. The summed E-state index contributed by atoms with van der Waals surface area (Å²) in [6.07, 6.45) is 2.66. The van der Waals surface area contributed by atoms with Crippen molar-refractivity contribution in [3.8, 4) is 0 Å². The summed E-state index contributed by atoms with van der Waals surface area (Å²) in [6.45, 7) is 4.31. The lowest BCUT2D eigenvalue weighted by atomic mass is 9.65. The lowest BCUT2D eigenvalue weighted by molar-refractivity contribution is -0.129. The topological polar surface area (TPSA) is 49.4 Å². The molecule has 0 radical (unpaired) electrons. The summed E-state index contributed by atoms with van der Waals surface area (Å²) >= 11 is 12.4. The zero-order chi connectivity index (χ0) is 20.8. The minimum absolute atomic E-state index is 0.0117. The smallest absolute Gasteiger partial charge is 0.235 e. The van der Waals surface area contributed by atoms with Crippen LogP contribution < -0.4 is 5.32 Å². The van der Waals surface area contributed by atoms with Crippen LogP contribution in [0.1, 0.15) is 43.7 Å². The second-order valence-corrected chi connectivity index (χ2v) is 8.53. The molecule has 2 atom stereocenters. The van der Waals surface area contributed by atoms with Crippen LogP contribution in [0.4, 0.5) is 5.69 Å². The fourth-order valence-electron chi connectivity index (χ4n) is 4.66. The normalized spacial score (nSPS) is 24.5. The van der Waals surface area contributed by atoms with E-state index in [2.05, 4.69) is 5.32 Å². The van der Waals surface area contributed by atoms with Gasteiger partial charge in [0.15, 0.2) is 0 Å². The number of benzene rings is 2. The van der Waals surface area contributed by atoms with Crippen molar-refractivity contribution in [1.29, 1.82) is 0 Å². The van der Waals surface area contributed by atoms with E-state index >= 15 is 0 Å². The highest BCUT2D eigenvalue weighted by Gasteiger charge is 2.54. The van der Waals surface area contributed by atoms with Gasteiger partial charge in [-0.3, -0.25) is 9.59 Å². The summed E-state index contributed by atoms with van der Waals surface area (Å²) in [5.41, 5.74) is 2.54. The Morgan fingerprint density at radius 3 is 2.66 bits per heavy atom. The molecule has 1 spiro atoms. The number of amides is 2. The molecule has 0 bridgehead atoms. The van der Waals surface area contributed by atoms with Crippen LogP contribution in [-0.2, 0) is 15.0 Å². The molecular formula is C23H22Cl2N2O2. The number of anilines is 1. The standard InChI is InChI=1S/C23H22Cl2N2O2/c1-3-14(2)27-10-9-23(18-8-7-17(25)12-20(18)26-22(23)29)19(13-21(27)28)15-5-4-6-16(24)11-15/h3-8,11-12,19H,9-10,13H2,1-2H3,(H,26,29)/t19-,23?/m0/s1. The summed E-state index contributed by atoms with van der Waals surface area (Å²) in [6, 6.07) is 13.0. The molecule has 150 valence electrons. The largest absolute Gasteiger partial charge is 0.325 e. The molecule has 2 aliphatic heterocycles. The minimum atomic E-state index is -0.858. The summed E-state index contributed by atoms with van der Waals surface area (Å²) in [5.74, 6) is -0.407. The number of allylic oxidation sites excluding steroid dienone is 2. The molecule has 0 saturated carbocycles. The maximum atomic E-state index is 13.5. The Kier molecular flexibility index (Phi) is 5.18. The van der Waals surface area contributed by atoms with Crippen molar-refractivity contribution in [3.05, 3.63) is 75.4 Å². The van der Waals surface area contributed by atoms with E-state index in [1.54, 1.807) is 23.1 Å². The van der Waals surface area contributed by atoms with E-state index in [9.17, 15) is 9.59 Å². The van der Waals surface area contributed by atoms with Crippen LogP contribution in [0.15, 0.2) is 54.2 Å². The van der Waals surface area contributed by atoms with Crippen molar-refractivity contribution >= 4 is 40.7 Å². The van der Waals surface area contributed by atoms with Gasteiger partial charge in [-0.05, 0) is 55.7 Å². The Bertz CT molecular complexity index is 1030. The van der Waals surface area contributed by atoms with Crippen molar-refractivity contribution in [2.75, 3.05) is 11.9 Å². The Labute approximate surface area is 180 Å². The molecule has 0 aromatic heterocycles. The lowest BCUT2D eigenvalue weighted by Crippen LogP contribution is -2.41. The molecule has 1 N–H and O–H groups in total. The summed E-state index contributed by atoms with van der Waals surface area (Å²) in [7, 11) is 0. The van der Waals surface area contributed by atoms with Gasteiger partial charge in [0.25, 0.3) is 0 Å². The molecule has 2 aromatic carbocycles. The molecule has 0 aliphatic carbocycles. The molecule has 4 nitrogen and oxygen atoms in total. The van der Waals surface area contributed by atoms with Crippen LogP contribution >= 0.6 is 23.2 Å². The zero-order valence-electron chi connectivity index (χ0n) is 16.3. The molecule has 1 unspecified atom stereocenters. The second kappa shape index (κ2) is 7.51. The lowest BCUT2D eigenvalue weighted by Gasteiger charge is -2.34. The van der Waals surface area contributed by atoms with Gasteiger partial charge in [-0.15, -0.1) is 0 Å². The predicted molar refractivity (Wildman–Crippen MR) is 116 cm³/mol. The van der Waals surface area contributed by atoms with Crippen molar-refractivity contribution in [2.24, 2.45) is 0 Å². The van der Waals surface area contributed by atoms with Crippen LogP contribution in [-0.4, -0.2) is 23.3 Å². The van der Waals surface area contributed by atoms with Crippen LogP contribution in [0.5, 0.6) is 0 Å². The van der Waals surface area contributed by atoms with Gasteiger partial charge in [0, 0.05) is 40.3 Å². The Morgan fingerprint density at radius 2 is 1.93 bits per heavy atom. The maximum Gasteiger partial charge on any atom is 0.235 e. The number of rotatable bonds is 2. The highest BCUT2D eigenvalue weighted by Crippen LogP contribution is 2.53. The molecule has 2 heterocycles. The molecule has 4 rings (SSSR count). The predicted octanol–water partition coefficient (Wildman–Crippen LogP) is 5.51. The first-order chi connectivity index (χ1) is 13.9. The fraction of sp³-hybridized carbons (Fsp3) is 0.304. The average Bonchev–Trinajstić information content (AvgIpc) is 2.86. The van der Waals surface area contributed by atoms with Gasteiger partial charge in [0.1, 0.15) is 0 Å². The quantitative estimate of drug-likeness (QED) is 0.684. The number of nitrogens with zero attached hydrogens (tertiary/aromatic N) is 1. The van der Waals surface area contributed by atoms with Crippen molar-refractivity contribution < 1.29 is 9.59 Å². The first-order valence-corrected chi connectivity index (χ1v) is 10.4. The molecule has 2 amide bonds. The zero-order valence-corrected chi connectivity index (χ0v) is 17.8. The summed E-state index contributed by atoms with van der Waals surface area (Å²) < 4.78 is 0. The average molecular weight is 429 g/mol. The van der Waals surface area contributed by atoms with Gasteiger partial charge in [0.05, 0.1) is 5.41 Å². The first kappa shape index (κ1) is 20.0. The van der Waals surface area contributed by atoms with E-state index in [1.165, 1.54) is 0 Å². The third-order valence-electron chi connectivity index (χ3n) is 6.21. The number of nitrogens with one attached hydrogen (secondary N) is 1. The molecular weight excluding hydrogens is 407 g/mol. The maximum absolute atomic E-state index is 13.5. The van der Waals surface area contributed by atoms with Gasteiger partial charge in [-0.25, -0.2) is 0 Å². The van der Waals surface area contributed by atoms with Crippen LogP contribution in [0.25, 0.3) is 0 Å².